The largest absolute Gasteiger partial charge is 0.462 e. The molecule has 372 valence electrons. The van der Waals surface area contributed by atoms with Crippen molar-refractivity contribution < 1.29 is 28.6 Å². The molecule has 0 spiro atoms. The van der Waals surface area contributed by atoms with Crippen molar-refractivity contribution in [2.75, 3.05) is 13.2 Å². The van der Waals surface area contributed by atoms with Crippen LogP contribution in [-0.4, -0.2) is 37.2 Å². The molecular weight excluding hydrogens is 817 g/mol. The van der Waals surface area contributed by atoms with Crippen LogP contribution >= 0.6 is 0 Å². The van der Waals surface area contributed by atoms with E-state index < -0.39 is 6.10 Å². The fourth-order valence-corrected chi connectivity index (χ4v) is 6.72. The summed E-state index contributed by atoms with van der Waals surface area (Å²) in [5.41, 5.74) is 0. The minimum atomic E-state index is -0.793. The molecule has 0 amide bonds. The molecule has 1 unspecified atom stereocenters. The molecule has 1 atom stereocenters. The molecule has 0 aliphatic heterocycles. The van der Waals surface area contributed by atoms with E-state index in [0.29, 0.717) is 19.3 Å². The normalized spacial score (nSPS) is 13.1. The first-order chi connectivity index (χ1) is 32.5. The predicted octanol–water partition coefficient (Wildman–Crippen LogP) is 17.7. The second kappa shape index (κ2) is 53.4. The Morgan fingerprint density at radius 2 is 0.591 bits per heavy atom. The van der Waals surface area contributed by atoms with Crippen molar-refractivity contribution in [1.29, 1.82) is 0 Å². The molecule has 0 N–H and O–H groups in total. The van der Waals surface area contributed by atoms with E-state index in [9.17, 15) is 14.4 Å². The van der Waals surface area contributed by atoms with Crippen LogP contribution in [0.5, 0.6) is 0 Å². The lowest BCUT2D eigenvalue weighted by atomic mass is 10.1. The minimum Gasteiger partial charge on any atom is -0.462 e. The van der Waals surface area contributed by atoms with Gasteiger partial charge in [-0.25, -0.2) is 0 Å². The van der Waals surface area contributed by atoms with Crippen LogP contribution < -0.4 is 0 Å². The van der Waals surface area contributed by atoms with E-state index in [2.05, 4.69) is 142 Å². The molecule has 0 rings (SSSR count). The molecule has 0 aromatic heterocycles. The smallest absolute Gasteiger partial charge is 0.306 e. The van der Waals surface area contributed by atoms with Crippen molar-refractivity contribution in [3.63, 3.8) is 0 Å². The van der Waals surface area contributed by atoms with Gasteiger partial charge in [-0.2, -0.15) is 0 Å². The average molecular weight is 913 g/mol. The van der Waals surface area contributed by atoms with Crippen LogP contribution in [0, 0.1) is 0 Å². The van der Waals surface area contributed by atoms with Crippen molar-refractivity contribution in [1.82, 2.24) is 0 Å². The van der Waals surface area contributed by atoms with Gasteiger partial charge < -0.3 is 14.2 Å². The number of carbonyl (C=O) groups is 3. The molecule has 0 heterocycles. The van der Waals surface area contributed by atoms with Gasteiger partial charge in [-0.05, 0) is 116 Å². The van der Waals surface area contributed by atoms with E-state index in [0.717, 1.165) is 148 Å². The first-order valence-electron chi connectivity index (χ1n) is 26.5. The summed E-state index contributed by atoms with van der Waals surface area (Å²) in [5.74, 6) is -0.962. The van der Waals surface area contributed by atoms with E-state index in [1.165, 1.54) is 32.1 Å². The van der Waals surface area contributed by atoms with Gasteiger partial charge in [0.15, 0.2) is 6.10 Å². The summed E-state index contributed by atoms with van der Waals surface area (Å²) >= 11 is 0. The number of rotatable bonds is 46. The van der Waals surface area contributed by atoms with Crippen molar-refractivity contribution in [2.24, 2.45) is 0 Å². The molecule has 0 aliphatic rings. The Labute approximate surface area is 405 Å². The molecule has 0 aliphatic carbocycles. The summed E-state index contributed by atoms with van der Waals surface area (Å²) in [6, 6.07) is 0. The highest BCUT2D eigenvalue weighted by Gasteiger charge is 2.19. The highest BCUT2D eigenvalue weighted by Crippen LogP contribution is 2.12. The molecule has 0 radical (unpaired) electrons. The Morgan fingerprint density at radius 1 is 0.318 bits per heavy atom. The lowest BCUT2D eigenvalue weighted by Gasteiger charge is -2.18. The highest BCUT2D eigenvalue weighted by molar-refractivity contribution is 5.71. The first-order valence-corrected chi connectivity index (χ1v) is 26.5. The van der Waals surface area contributed by atoms with Crippen molar-refractivity contribution >= 4 is 17.9 Å². The van der Waals surface area contributed by atoms with Crippen molar-refractivity contribution in [2.45, 2.75) is 226 Å². The van der Waals surface area contributed by atoms with Gasteiger partial charge in [0.05, 0.1) is 0 Å². The van der Waals surface area contributed by atoms with E-state index >= 15 is 0 Å². The van der Waals surface area contributed by atoms with E-state index in [1.54, 1.807) is 0 Å². The molecule has 66 heavy (non-hydrogen) atoms. The summed E-state index contributed by atoms with van der Waals surface area (Å²) in [6.07, 6.45) is 73.8. The average Bonchev–Trinajstić information content (AvgIpc) is 3.31. The zero-order valence-corrected chi connectivity index (χ0v) is 42.4. The lowest BCUT2D eigenvalue weighted by Crippen LogP contribution is -2.30. The van der Waals surface area contributed by atoms with Crippen LogP contribution in [0.15, 0.2) is 122 Å². The van der Waals surface area contributed by atoms with Gasteiger partial charge in [0, 0.05) is 19.3 Å². The third-order valence-electron chi connectivity index (χ3n) is 10.7. The second-order valence-corrected chi connectivity index (χ2v) is 17.1. The fraction of sp³-hybridized carbons (Fsp3) is 0.617. The maximum absolute atomic E-state index is 12.7. The zero-order chi connectivity index (χ0) is 47.9. The van der Waals surface area contributed by atoms with Gasteiger partial charge in [0.25, 0.3) is 0 Å². The molecule has 0 aromatic rings. The van der Waals surface area contributed by atoms with Gasteiger partial charge in [-0.15, -0.1) is 0 Å². The zero-order valence-electron chi connectivity index (χ0n) is 42.4. The number of allylic oxidation sites excluding steroid dienone is 20. The monoisotopic (exact) mass is 913 g/mol. The molecule has 6 heteroatoms. The third kappa shape index (κ3) is 50.8. The number of unbranched alkanes of at least 4 members (excludes halogenated alkanes) is 15. The molecule has 0 saturated heterocycles. The molecule has 6 nitrogen and oxygen atoms in total. The van der Waals surface area contributed by atoms with Crippen LogP contribution in [0.25, 0.3) is 0 Å². The summed E-state index contributed by atoms with van der Waals surface area (Å²) in [6.45, 7) is 6.35. The van der Waals surface area contributed by atoms with Crippen LogP contribution in [0.2, 0.25) is 0 Å². The maximum atomic E-state index is 12.7. The first kappa shape index (κ1) is 61.8. The van der Waals surface area contributed by atoms with Crippen molar-refractivity contribution in [3.8, 4) is 0 Å². The Morgan fingerprint density at radius 3 is 0.985 bits per heavy atom. The quantitative estimate of drug-likeness (QED) is 0.0262. The topological polar surface area (TPSA) is 78.9 Å². The number of hydrogen-bond acceptors (Lipinski definition) is 6. The standard InChI is InChI=1S/C60H96O6/c1-4-7-10-13-15-17-19-21-22-23-24-25-26-27-28-29-30-31-32-33-34-35-36-37-38-39-41-42-44-47-50-53-59(62)65-56-57(55-64-58(61)52-49-46-12-9-6-3)66-60(63)54-51-48-45-43-40-20-18-16-14-11-8-5-2/h7,10,15-18,21-22,24-25,27-28,30-31,33-34,36-37,39,41,57H,4-6,8-9,11-14,19-20,23,26,29,32,35,38,40,42-56H2,1-3H3/b10-7-,17-15-,18-16-,22-21-,25-24-,28-27-,31-30-,34-33-,37-36-,41-39-. The molecular formula is C60H96O6. The highest BCUT2D eigenvalue weighted by atomic mass is 16.6. The Bertz CT molecular complexity index is 1420. The van der Waals surface area contributed by atoms with Gasteiger partial charge in [-0.3, -0.25) is 14.4 Å². The lowest BCUT2D eigenvalue weighted by molar-refractivity contribution is -0.167. The summed E-state index contributed by atoms with van der Waals surface area (Å²) < 4.78 is 16.6. The SMILES string of the molecule is CC/C=C\C/C=C\C/C=C\C/C=C\C/C=C\C/C=C\C/C=C\C/C=C\C/C=C\CCCCCC(=O)OCC(COC(=O)CCCCCCC)OC(=O)CCCCCCC/C=C\CCCCC. The molecule has 0 bridgehead atoms. The predicted molar refractivity (Wildman–Crippen MR) is 283 cm³/mol. The number of esters is 3. The Balaban J connectivity index is 4.18. The van der Waals surface area contributed by atoms with Gasteiger partial charge >= 0.3 is 17.9 Å². The number of carbonyl (C=O) groups excluding carboxylic acids is 3. The van der Waals surface area contributed by atoms with Crippen LogP contribution in [0.3, 0.4) is 0 Å². The number of ether oxygens (including phenoxy) is 3. The second-order valence-electron chi connectivity index (χ2n) is 17.1. The van der Waals surface area contributed by atoms with Crippen molar-refractivity contribution in [3.05, 3.63) is 122 Å². The molecule has 0 saturated carbocycles. The maximum Gasteiger partial charge on any atom is 0.306 e. The van der Waals surface area contributed by atoms with Crippen LogP contribution in [0.4, 0.5) is 0 Å². The third-order valence-corrected chi connectivity index (χ3v) is 10.7. The summed E-state index contributed by atoms with van der Waals surface area (Å²) in [7, 11) is 0. The molecule has 0 aromatic carbocycles. The van der Waals surface area contributed by atoms with Crippen LogP contribution in [0.1, 0.15) is 220 Å². The molecule has 0 fully saturated rings. The van der Waals surface area contributed by atoms with E-state index in [4.69, 9.17) is 14.2 Å². The van der Waals surface area contributed by atoms with Gasteiger partial charge in [0.2, 0.25) is 0 Å². The number of hydrogen-bond donors (Lipinski definition) is 0. The van der Waals surface area contributed by atoms with Gasteiger partial charge in [-0.1, -0.05) is 206 Å². The summed E-state index contributed by atoms with van der Waals surface area (Å²) in [5, 5.41) is 0. The van der Waals surface area contributed by atoms with E-state index in [-0.39, 0.29) is 31.1 Å². The summed E-state index contributed by atoms with van der Waals surface area (Å²) in [4.78, 5) is 37.6. The Kier molecular flexibility index (Phi) is 50.0. The van der Waals surface area contributed by atoms with Gasteiger partial charge in [0.1, 0.15) is 13.2 Å². The minimum absolute atomic E-state index is 0.0952. The van der Waals surface area contributed by atoms with Crippen LogP contribution in [-0.2, 0) is 28.6 Å². The van der Waals surface area contributed by atoms with E-state index in [1.807, 2.05) is 0 Å². The fourth-order valence-electron chi connectivity index (χ4n) is 6.72. The Hall–Kier alpha value is -4.19.